The van der Waals surface area contributed by atoms with Gasteiger partial charge in [-0.25, -0.2) is 0 Å². The van der Waals surface area contributed by atoms with Gasteiger partial charge in [0.25, 0.3) is 0 Å². The molecule has 0 bridgehead atoms. The Bertz CT molecular complexity index is 757. The van der Waals surface area contributed by atoms with E-state index >= 15 is 0 Å². The third-order valence-electron chi connectivity index (χ3n) is 6.53. The van der Waals surface area contributed by atoms with E-state index in [4.69, 9.17) is 0 Å². The fourth-order valence-electron chi connectivity index (χ4n) is 4.62. The van der Waals surface area contributed by atoms with Crippen LogP contribution in [0.25, 0.3) is 0 Å². The maximum atomic E-state index is 13.0. The quantitative estimate of drug-likeness (QED) is 0.689. The molecule has 2 aliphatic rings. The third kappa shape index (κ3) is 6.31. The SMILES string of the molecule is CC(C)CCCC(C)NC(=O)C1CCN(C(=O)C2CC(=O)N(c3ccccc3)C2)CC1. The number of hydrogen-bond donors (Lipinski definition) is 1. The molecule has 2 fully saturated rings. The minimum Gasteiger partial charge on any atom is -0.353 e. The van der Waals surface area contributed by atoms with Gasteiger partial charge in [-0.3, -0.25) is 14.4 Å². The summed E-state index contributed by atoms with van der Waals surface area (Å²) < 4.78 is 0. The maximum absolute atomic E-state index is 13.0. The van der Waals surface area contributed by atoms with E-state index in [0.29, 0.717) is 38.4 Å². The van der Waals surface area contributed by atoms with Crippen molar-refractivity contribution in [3.05, 3.63) is 30.3 Å². The van der Waals surface area contributed by atoms with Gasteiger partial charge in [0.05, 0.1) is 5.92 Å². The standard InChI is InChI=1S/C25H37N3O3/c1-18(2)8-7-9-19(3)26-24(30)20-12-14-27(15-13-20)25(31)21-16-23(29)28(17-21)22-10-5-4-6-11-22/h4-6,10-11,18-21H,7-9,12-17H2,1-3H3,(H,26,30). The van der Waals surface area contributed by atoms with Gasteiger partial charge in [-0.05, 0) is 44.2 Å². The molecule has 170 valence electrons. The summed E-state index contributed by atoms with van der Waals surface area (Å²) in [4.78, 5) is 41.6. The number of para-hydroxylation sites is 1. The van der Waals surface area contributed by atoms with Gasteiger partial charge in [0.1, 0.15) is 0 Å². The Morgan fingerprint density at radius 2 is 1.71 bits per heavy atom. The zero-order chi connectivity index (χ0) is 22.4. The van der Waals surface area contributed by atoms with E-state index in [9.17, 15) is 14.4 Å². The summed E-state index contributed by atoms with van der Waals surface area (Å²) in [6, 6.07) is 9.72. The first-order valence-electron chi connectivity index (χ1n) is 11.8. The summed E-state index contributed by atoms with van der Waals surface area (Å²) in [6.07, 6.45) is 4.98. The molecule has 2 saturated heterocycles. The second kappa shape index (κ2) is 10.8. The molecule has 3 amide bonds. The van der Waals surface area contributed by atoms with E-state index in [-0.39, 0.29) is 42.0 Å². The number of nitrogens with one attached hydrogen (secondary N) is 1. The average Bonchev–Trinajstić information content (AvgIpc) is 3.15. The van der Waals surface area contributed by atoms with Crippen LogP contribution in [0.3, 0.4) is 0 Å². The molecule has 0 saturated carbocycles. The van der Waals surface area contributed by atoms with Crippen molar-refractivity contribution in [2.45, 2.75) is 65.3 Å². The molecule has 0 aromatic heterocycles. The summed E-state index contributed by atoms with van der Waals surface area (Å²) in [7, 11) is 0. The van der Waals surface area contributed by atoms with Gasteiger partial charge in [-0.2, -0.15) is 0 Å². The lowest BCUT2D eigenvalue weighted by molar-refractivity contribution is -0.139. The molecule has 2 heterocycles. The van der Waals surface area contributed by atoms with Crippen molar-refractivity contribution in [1.29, 1.82) is 0 Å². The number of carbonyl (C=O) groups excluding carboxylic acids is 3. The maximum Gasteiger partial charge on any atom is 0.228 e. The molecule has 1 aromatic rings. The predicted molar refractivity (Wildman–Crippen MR) is 122 cm³/mol. The fraction of sp³-hybridized carbons (Fsp3) is 0.640. The van der Waals surface area contributed by atoms with Gasteiger partial charge < -0.3 is 15.1 Å². The highest BCUT2D eigenvalue weighted by Gasteiger charge is 2.38. The highest BCUT2D eigenvalue weighted by Crippen LogP contribution is 2.28. The van der Waals surface area contributed by atoms with Gasteiger partial charge in [0, 0.05) is 43.7 Å². The predicted octanol–water partition coefficient (Wildman–Crippen LogP) is 3.61. The van der Waals surface area contributed by atoms with Crippen LogP contribution in [0.4, 0.5) is 5.69 Å². The zero-order valence-corrected chi connectivity index (χ0v) is 19.2. The highest BCUT2D eigenvalue weighted by molar-refractivity contribution is 6.00. The van der Waals surface area contributed by atoms with Crippen molar-refractivity contribution in [2.24, 2.45) is 17.8 Å². The van der Waals surface area contributed by atoms with Crippen LogP contribution < -0.4 is 10.2 Å². The lowest BCUT2D eigenvalue weighted by Crippen LogP contribution is -2.46. The van der Waals surface area contributed by atoms with E-state index in [2.05, 4.69) is 26.1 Å². The molecule has 31 heavy (non-hydrogen) atoms. The Balaban J connectivity index is 1.43. The molecule has 0 spiro atoms. The topological polar surface area (TPSA) is 69.7 Å². The second-order valence-corrected chi connectivity index (χ2v) is 9.57. The largest absolute Gasteiger partial charge is 0.353 e. The number of rotatable bonds is 8. The summed E-state index contributed by atoms with van der Waals surface area (Å²) in [5.41, 5.74) is 0.848. The van der Waals surface area contributed by atoms with Gasteiger partial charge in [0.15, 0.2) is 0 Å². The Labute approximate surface area is 186 Å². The van der Waals surface area contributed by atoms with Crippen molar-refractivity contribution >= 4 is 23.4 Å². The molecule has 2 unspecified atom stereocenters. The van der Waals surface area contributed by atoms with Crippen molar-refractivity contribution in [1.82, 2.24) is 10.2 Å². The number of amides is 3. The van der Waals surface area contributed by atoms with E-state index < -0.39 is 0 Å². The van der Waals surface area contributed by atoms with Crippen LogP contribution in [0.2, 0.25) is 0 Å². The van der Waals surface area contributed by atoms with Gasteiger partial charge in [0.2, 0.25) is 17.7 Å². The van der Waals surface area contributed by atoms with E-state index in [1.165, 1.54) is 6.42 Å². The summed E-state index contributed by atoms with van der Waals surface area (Å²) in [5.74, 6) is 0.551. The van der Waals surface area contributed by atoms with Gasteiger partial charge >= 0.3 is 0 Å². The van der Waals surface area contributed by atoms with Gasteiger partial charge in [-0.15, -0.1) is 0 Å². The van der Waals surface area contributed by atoms with Crippen molar-refractivity contribution < 1.29 is 14.4 Å². The van der Waals surface area contributed by atoms with Crippen molar-refractivity contribution in [3.63, 3.8) is 0 Å². The average molecular weight is 428 g/mol. The third-order valence-corrected chi connectivity index (χ3v) is 6.53. The number of carbonyl (C=O) groups is 3. The smallest absolute Gasteiger partial charge is 0.228 e. The molecular weight excluding hydrogens is 390 g/mol. The first-order chi connectivity index (χ1) is 14.8. The minimum absolute atomic E-state index is 0.00488. The molecular formula is C25H37N3O3. The monoisotopic (exact) mass is 427 g/mol. The molecule has 3 rings (SSSR count). The normalized spacial score (nSPS) is 20.9. The van der Waals surface area contributed by atoms with Crippen molar-refractivity contribution in [2.75, 3.05) is 24.5 Å². The van der Waals surface area contributed by atoms with Crippen LogP contribution in [-0.4, -0.2) is 48.3 Å². The summed E-state index contributed by atoms with van der Waals surface area (Å²) in [6.45, 7) is 8.14. The summed E-state index contributed by atoms with van der Waals surface area (Å²) in [5, 5.41) is 3.16. The van der Waals surface area contributed by atoms with E-state index in [1.54, 1.807) is 4.90 Å². The Hall–Kier alpha value is -2.37. The zero-order valence-electron chi connectivity index (χ0n) is 19.2. The molecule has 0 aliphatic carbocycles. The number of likely N-dealkylation sites (tertiary alicyclic amines) is 1. The van der Waals surface area contributed by atoms with E-state index in [1.807, 2.05) is 35.2 Å². The number of hydrogen-bond acceptors (Lipinski definition) is 3. The van der Waals surface area contributed by atoms with Gasteiger partial charge in [-0.1, -0.05) is 44.9 Å². The number of benzene rings is 1. The Kier molecular flexibility index (Phi) is 8.10. The van der Waals surface area contributed by atoms with Crippen molar-refractivity contribution in [3.8, 4) is 0 Å². The molecule has 1 N–H and O–H groups in total. The second-order valence-electron chi connectivity index (χ2n) is 9.57. The Morgan fingerprint density at radius 3 is 2.35 bits per heavy atom. The lowest BCUT2D eigenvalue weighted by Gasteiger charge is -2.33. The molecule has 2 aliphatic heterocycles. The molecule has 6 nitrogen and oxygen atoms in total. The highest BCUT2D eigenvalue weighted by atomic mass is 16.2. The Morgan fingerprint density at radius 1 is 1.03 bits per heavy atom. The first-order valence-corrected chi connectivity index (χ1v) is 11.8. The molecule has 6 heteroatoms. The summed E-state index contributed by atoms with van der Waals surface area (Å²) >= 11 is 0. The minimum atomic E-state index is -0.293. The molecule has 2 atom stereocenters. The van der Waals surface area contributed by atoms with E-state index in [0.717, 1.165) is 18.5 Å². The number of nitrogens with zero attached hydrogens (tertiary/aromatic N) is 2. The van der Waals surface area contributed by atoms with Crippen LogP contribution in [0.15, 0.2) is 30.3 Å². The fourth-order valence-corrected chi connectivity index (χ4v) is 4.62. The first kappa shape index (κ1) is 23.3. The van der Waals surface area contributed by atoms with Crippen LogP contribution in [0.1, 0.15) is 59.3 Å². The number of anilines is 1. The molecule has 1 aromatic carbocycles. The lowest BCUT2D eigenvalue weighted by atomic mass is 9.94. The van der Waals surface area contributed by atoms with Crippen LogP contribution in [0.5, 0.6) is 0 Å². The molecule has 0 radical (unpaired) electrons. The van der Waals surface area contributed by atoms with Crippen LogP contribution in [0, 0.1) is 17.8 Å². The van der Waals surface area contributed by atoms with Crippen LogP contribution in [-0.2, 0) is 14.4 Å². The number of piperidine rings is 1. The van der Waals surface area contributed by atoms with Crippen LogP contribution >= 0.6 is 0 Å².